The van der Waals surface area contributed by atoms with Gasteiger partial charge in [-0.05, 0) is 35.8 Å². The molecule has 2 rings (SSSR count). The van der Waals surface area contributed by atoms with Crippen molar-refractivity contribution in [3.63, 3.8) is 0 Å². The van der Waals surface area contributed by atoms with Crippen molar-refractivity contribution >= 4 is 29.6 Å². The van der Waals surface area contributed by atoms with Crippen molar-refractivity contribution in [1.29, 1.82) is 0 Å². The van der Waals surface area contributed by atoms with Gasteiger partial charge in [-0.2, -0.15) is 0 Å². The molecule has 6 nitrogen and oxygen atoms in total. The molecule has 1 N–H and O–H groups in total. The number of hydrogen-bond donors (Lipinski definition) is 1. The fourth-order valence-electron chi connectivity index (χ4n) is 2.34. The zero-order valence-electron chi connectivity index (χ0n) is 15.7. The Morgan fingerprint density at radius 1 is 0.964 bits per heavy atom. The van der Waals surface area contributed by atoms with E-state index in [1.165, 1.54) is 13.2 Å². The average Bonchev–Trinajstić information content (AvgIpc) is 2.72. The number of amides is 1. The van der Waals surface area contributed by atoms with Crippen LogP contribution in [0.2, 0.25) is 0 Å². The van der Waals surface area contributed by atoms with Crippen molar-refractivity contribution in [3.05, 3.63) is 71.8 Å². The number of carbonyl (C=O) groups is 3. The molecule has 2 aromatic carbocycles. The molecule has 28 heavy (non-hydrogen) atoms. The first kappa shape index (κ1) is 20.9. The molecule has 0 aromatic heterocycles. The monoisotopic (exact) mass is 381 g/mol. The quantitative estimate of drug-likeness (QED) is 0.529. The van der Waals surface area contributed by atoms with Crippen LogP contribution in [0.15, 0.2) is 60.7 Å². The zero-order valence-corrected chi connectivity index (χ0v) is 15.7. The minimum Gasteiger partial charge on any atom is -0.466 e. The van der Waals surface area contributed by atoms with Crippen molar-refractivity contribution in [3.8, 4) is 0 Å². The summed E-state index contributed by atoms with van der Waals surface area (Å²) in [7, 11) is 1.31. The van der Waals surface area contributed by atoms with Crippen LogP contribution < -0.4 is 5.32 Å². The van der Waals surface area contributed by atoms with Crippen LogP contribution in [-0.4, -0.2) is 25.0 Å². The molecular formula is C22H23NO5. The molecule has 0 atom stereocenters. The predicted octanol–water partition coefficient (Wildman–Crippen LogP) is 3.73. The van der Waals surface area contributed by atoms with Gasteiger partial charge in [-0.3, -0.25) is 9.59 Å². The maximum Gasteiger partial charge on any atom is 0.330 e. The zero-order chi connectivity index (χ0) is 20.2. The van der Waals surface area contributed by atoms with E-state index in [0.29, 0.717) is 12.1 Å². The molecule has 146 valence electrons. The molecule has 1 amide bonds. The Bertz CT molecular complexity index is 813. The molecular weight excluding hydrogens is 358 g/mol. The molecule has 2 aromatic rings. The summed E-state index contributed by atoms with van der Waals surface area (Å²) in [6.45, 7) is 0.239. The van der Waals surface area contributed by atoms with Gasteiger partial charge in [0.15, 0.2) is 0 Å². The highest BCUT2D eigenvalue weighted by atomic mass is 16.5. The lowest BCUT2D eigenvalue weighted by Crippen LogP contribution is -2.12. The van der Waals surface area contributed by atoms with Gasteiger partial charge in [0, 0.05) is 24.6 Å². The molecule has 0 saturated carbocycles. The first-order valence-corrected chi connectivity index (χ1v) is 8.92. The number of anilines is 1. The van der Waals surface area contributed by atoms with E-state index in [1.54, 1.807) is 30.3 Å². The summed E-state index contributed by atoms with van der Waals surface area (Å²) in [5.41, 5.74) is 2.38. The lowest BCUT2D eigenvalue weighted by atomic mass is 10.2. The molecule has 0 radical (unpaired) electrons. The van der Waals surface area contributed by atoms with E-state index in [9.17, 15) is 14.4 Å². The summed E-state index contributed by atoms with van der Waals surface area (Å²) in [6.07, 6.45) is 3.78. The first-order chi connectivity index (χ1) is 13.6. The standard InChI is InChI=1S/C22H23NO5/c1-27-21(25)15-12-17-10-13-19(14-11-17)23-20(24)8-5-9-22(26)28-16-18-6-3-2-4-7-18/h2-4,6-7,10-15H,5,8-9,16H2,1H3,(H,23,24)/b15-12+. The lowest BCUT2D eigenvalue weighted by Gasteiger charge is -2.06. The molecule has 0 fully saturated rings. The van der Waals surface area contributed by atoms with Crippen LogP contribution in [0.25, 0.3) is 6.08 Å². The largest absolute Gasteiger partial charge is 0.466 e. The molecule has 0 spiro atoms. The first-order valence-electron chi connectivity index (χ1n) is 8.92. The second-order valence-electron chi connectivity index (χ2n) is 6.03. The summed E-state index contributed by atoms with van der Waals surface area (Å²) in [5.74, 6) is -0.924. The Labute approximate surface area is 164 Å². The van der Waals surface area contributed by atoms with E-state index >= 15 is 0 Å². The Balaban J connectivity index is 1.67. The van der Waals surface area contributed by atoms with Crippen LogP contribution in [0.4, 0.5) is 5.69 Å². The summed E-state index contributed by atoms with van der Waals surface area (Å²) >= 11 is 0. The fourth-order valence-corrected chi connectivity index (χ4v) is 2.34. The summed E-state index contributed by atoms with van der Waals surface area (Å²) in [5, 5.41) is 2.77. The maximum absolute atomic E-state index is 12.0. The van der Waals surface area contributed by atoms with E-state index < -0.39 is 5.97 Å². The van der Waals surface area contributed by atoms with Crippen LogP contribution in [-0.2, 0) is 30.5 Å². The van der Waals surface area contributed by atoms with Crippen LogP contribution in [0.5, 0.6) is 0 Å². The van der Waals surface area contributed by atoms with Gasteiger partial charge in [-0.1, -0.05) is 42.5 Å². The third-order valence-corrected chi connectivity index (χ3v) is 3.83. The molecule has 0 aliphatic rings. The topological polar surface area (TPSA) is 81.7 Å². The van der Waals surface area contributed by atoms with Crippen LogP contribution in [0.1, 0.15) is 30.4 Å². The van der Waals surface area contributed by atoms with Crippen molar-refractivity contribution in [2.45, 2.75) is 25.9 Å². The van der Waals surface area contributed by atoms with Crippen molar-refractivity contribution < 1.29 is 23.9 Å². The molecule has 0 heterocycles. The van der Waals surface area contributed by atoms with E-state index in [1.807, 2.05) is 30.3 Å². The number of rotatable bonds is 9. The third kappa shape index (κ3) is 7.86. The molecule has 6 heteroatoms. The van der Waals surface area contributed by atoms with Gasteiger partial charge in [0.1, 0.15) is 6.61 Å². The van der Waals surface area contributed by atoms with Gasteiger partial charge in [-0.15, -0.1) is 0 Å². The molecule has 0 aliphatic carbocycles. The van der Waals surface area contributed by atoms with Gasteiger partial charge in [0.25, 0.3) is 0 Å². The van der Waals surface area contributed by atoms with E-state index in [4.69, 9.17) is 4.74 Å². The smallest absolute Gasteiger partial charge is 0.330 e. The van der Waals surface area contributed by atoms with Gasteiger partial charge >= 0.3 is 11.9 Å². The van der Waals surface area contributed by atoms with E-state index in [0.717, 1.165) is 11.1 Å². The number of nitrogens with one attached hydrogen (secondary N) is 1. The van der Waals surface area contributed by atoms with Gasteiger partial charge in [0.2, 0.25) is 5.91 Å². The highest BCUT2D eigenvalue weighted by Crippen LogP contribution is 2.12. The number of hydrogen-bond acceptors (Lipinski definition) is 5. The second-order valence-corrected chi connectivity index (χ2v) is 6.03. The maximum atomic E-state index is 12.0. The van der Waals surface area contributed by atoms with Gasteiger partial charge in [0.05, 0.1) is 7.11 Å². The van der Waals surface area contributed by atoms with Gasteiger partial charge in [-0.25, -0.2) is 4.79 Å². The Morgan fingerprint density at radius 2 is 1.68 bits per heavy atom. The van der Waals surface area contributed by atoms with E-state index in [2.05, 4.69) is 10.1 Å². The molecule has 0 unspecified atom stereocenters. The fraction of sp³-hybridized carbons (Fsp3) is 0.227. The van der Waals surface area contributed by atoms with E-state index in [-0.39, 0.29) is 31.3 Å². The number of methoxy groups -OCH3 is 1. The third-order valence-electron chi connectivity index (χ3n) is 3.83. The number of carbonyl (C=O) groups excluding carboxylic acids is 3. The number of esters is 2. The SMILES string of the molecule is COC(=O)/C=C/c1ccc(NC(=O)CCCC(=O)OCc2ccccc2)cc1. The Morgan fingerprint density at radius 3 is 2.36 bits per heavy atom. The predicted molar refractivity (Wildman–Crippen MR) is 106 cm³/mol. The summed E-state index contributed by atoms with van der Waals surface area (Å²) in [4.78, 5) is 34.8. The normalized spacial score (nSPS) is 10.5. The van der Waals surface area contributed by atoms with Gasteiger partial charge < -0.3 is 14.8 Å². The highest BCUT2D eigenvalue weighted by molar-refractivity contribution is 5.91. The molecule has 0 aliphatic heterocycles. The van der Waals surface area contributed by atoms with Crippen LogP contribution in [0, 0.1) is 0 Å². The minimum atomic E-state index is -0.431. The molecule has 0 saturated heterocycles. The summed E-state index contributed by atoms with van der Waals surface area (Å²) in [6, 6.07) is 16.5. The Hall–Kier alpha value is -3.41. The lowest BCUT2D eigenvalue weighted by molar-refractivity contribution is -0.145. The summed E-state index contributed by atoms with van der Waals surface area (Å²) < 4.78 is 9.70. The van der Waals surface area contributed by atoms with Crippen molar-refractivity contribution in [1.82, 2.24) is 0 Å². The number of benzene rings is 2. The highest BCUT2D eigenvalue weighted by Gasteiger charge is 2.07. The second kappa shape index (κ2) is 11.3. The van der Waals surface area contributed by atoms with Crippen LogP contribution in [0.3, 0.4) is 0 Å². The minimum absolute atomic E-state index is 0.172. The van der Waals surface area contributed by atoms with Crippen molar-refractivity contribution in [2.75, 3.05) is 12.4 Å². The average molecular weight is 381 g/mol. The number of ether oxygens (including phenoxy) is 2. The van der Waals surface area contributed by atoms with Crippen LogP contribution >= 0.6 is 0 Å². The molecule has 0 bridgehead atoms. The van der Waals surface area contributed by atoms with Crippen molar-refractivity contribution in [2.24, 2.45) is 0 Å². The Kier molecular flexibility index (Phi) is 8.46.